The number of hydrogen-bond donors (Lipinski definition) is 1. The van der Waals surface area contributed by atoms with Crippen molar-refractivity contribution in [3.05, 3.63) is 27.9 Å². The quantitative estimate of drug-likeness (QED) is 0.836. The summed E-state index contributed by atoms with van der Waals surface area (Å²) >= 11 is 1.54. The van der Waals surface area contributed by atoms with Crippen molar-refractivity contribution in [2.45, 2.75) is 13.3 Å². The first-order valence-electron chi connectivity index (χ1n) is 6.82. The molecule has 1 fully saturated rings. The van der Waals surface area contributed by atoms with Gasteiger partial charge in [-0.3, -0.25) is 14.6 Å². The van der Waals surface area contributed by atoms with Crippen molar-refractivity contribution in [2.75, 3.05) is 19.6 Å². The third-order valence-corrected chi connectivity index (χ3v) is 4.45. The smallest absolute Gasteiger partial charge is 0.216 e. The summed E-state index contributed by atoms with van der Waals surface area (Å²) in [7, 11) is 0. The van der Waals surface area contributed by atoms with Crippen LogP contribution in [0.5, 0.6) is 0 Å². The molecule has 1 aromatic rings. The second kappa shape index (κ2) is 5.77. The number of carbonyl (C=O) groups excluding carboxylic acids is 2. The molecule has 2 aliphatic heterocycles. The van der Waals surface area contributed by atoms with Crippen LogP contribution in [0.2, 0.25) is 0 Å². The van der Waals surface area contributed by atoms with Gasteiger partial charge in [0.15, 0.2) is 10.8 Å². The predicted molar refractivity (Wildman–Crippen MR) is 80.1 cm³/mol. The second-order valence-corrected chi connectivity index (χ2v) is 6.08. The zero-order valence-electron chi connectivity index (χ0n) is 11.7. The molecule has 110 valence electrons. The number of fused-ring (bicyclic) bond motifs is 1. The summed E-state index contributed by atoms with van der Waals surface area (Å²) in [5.74, 6) is 1.11. The fourth-order valence-electron chi connectivity index (χ4n) is 2.72. The Bertz CT molecular complexity index is 621. The zero-order valence-corrected chi connectivity index (χ0v) is 12.5. The molecule has 0 bridgehead atoms. The molecule has 1 aromatic heterocycles. The van der Waals surface area contributed by atoms with Crippen LogP contribution >= 0.6 is 11.3 Å². The molecule has 6 nitrogen and oxygen atoms in total. The summed E-state index contributed by atoms with van der Waals surface area (Å²) in [5, 5.41) is 5.64. The first-order chi connectivity index (χ1) is 10.2. The highest BCUT2D eigenvalue weighted by molar-refractivity contribution is 7.11. The number of aliphatic imine (C=N–C) groups is 1. The SMILES string of the molecule is CC(=O)NCC1CC2=C(C=O)CN=C(c3nccs3)N2C1. The van der Waals surface area contributed by atoms with Crippen molar-refractivity contribution >= 4 is 29.4 Å². The number of aromatic nitrogens is 1. The molecular formula is C14H16N4O2S. The van der Waals surface area contributed by atoms with Gasteiger partial charge in [-0.2, -0.15) is 0 Å². The Labute approximate surface area is 126 Å². The van der Waals surface area contributed by atoms with Gasteiger partial charge in [0.05, 0.1) is 6.54 Å². The lowest BCUT2D eigenvalue weighted by Crippen LogP contribution is -2.34. The number of amidine groups is 1. The summed E-state index contributed by atoms with van der Waals surface area (Å²) < 4.78 is 0. The molecule has 3 rings (SSSR count). The molecule has 0 saturated carbocycles. The number of thiazole rings is 1. The number of amides is 1. The van der Waals surface area contributed by atoms with E-state index in [1.165, 1.54) is 6.92 Å². The lowest BCUT2D eigenvalue weighted by Gasteiger charge is -2.26. The lowest BCUT2D eigenvalue weighted by atomic mass is 10.1. The highest BCUT2D eigenvalue weighted by Gasteiger charge is 2.35. The molecule has 0 aliphatic carbocycles. The minimum atomic E-state index is -0.0294. The van der Waals surface area contributed by atoms with Crippen molar-refractivity contribution in [1.29, 1.82) is 0 Å². The van der Waals surface area contributed by atoms with Gasteiger partial charge in [-0.15, -0.1) is 11.3 Å². The number of nitrogens with zero attached hydrogens (tertiary/aromatic N) is 3. The molecule has 0 spiro atoms. The van der Waals surface area contributed by atoms with Crippen LogP contribution < -0.4 is 5.32 Å². The number of hydrogen-bond acceptors (Lipinski definition) is 6. The maximum Gasteiger partial charge on any atom is 0.216 e. The average Bonchev–Trinajstić information content (AvgIpc) is 3.13. The summed E-state index contributed by atoms with van der Waals surface area (Å²) in [6.45, 7) is 3.30. The van der Waals surface area contributed by atoms with Crippen molar-refractivity contribution in [3.63, 3.8) is 0 Å². The van der Waals surface area contributed by atoms with Gasteiger partial charge in [-0.05, 0) is 12.3 Å². The topological polar surface area (TPSA) is 74.7 Å². The fourth-order valence-corrected chi connectivity index (χ4v) is 3.37. The molecule has 21 heavy (non-hydrogen) atoms. The molecule has 1 atom stereocenters. The van der Waals surface area contributed by atoms with Gasteiger partial charge in [0.2, 0.25) is 5.91 Å². The van der Waals surface area contributed by atoms with Gasteiger partial charge < -0.3 is 10.2 Å². The number of aldehydes is 1. The van der Waals surface area contributed by atoms with Gasteiger partial charge in [0.1, 0.15) is 6.29 Å². The van der Waals surface area contributed by atoms with E-state index in [9.17, 15) is 9.59 Å². The van der Waals surface area contributed by atoms with E-state index in [0.29, 0.717) is 19.0 Å². The molecule has 7 heteroatoms. The van der Waals surface area contributed by atoms with E-state index in [1.807, 2.05) is 5.38 Å². The third-order valence-electron chi connectivity index (χ3n) is 3.68. The average molecular weight is 304 g/mol. The minimum Gasteiger partial charge on any atom is -0.356 e. The van der Waals surface area contributed by atoms with Crippen LogP contribution in [0.3, 0.4) is 0 Å². The molecule has 3 heterocycles. The Morgan fingerprint density at radius 1 is 1.62 bits per heavy atom. The summed E-state index contributed by atoms with van der Waals surface area (Å²) in [6, 6.07) is 0. The molecular weight excluding hydrogens is 288 g/mol. The maximum atomic E-state index is 11.2. The standard InChI is InChI=1S/C14H16N4O2S/c1-9(20)16-5-10-4-12-11(8-19)6-17-13(18(12)7-10)14-15-2-3-21-14/h2-3,8,10H,4-7H2,1H3,(H,16,20). The first kappa shape index (κ1) is 13.9. The second-order valence-electron chi connectivity index (χ2n) is 5.18. The van der Waals surface area contributed by atoms with Crippen molar-refractivity contribution in [2.24, 2.45) is 10.9 Å². The zero-order chi connectivity index (χ0) is 14.8. The number of allylic oxidation sites excluding steroid dienone is 1. The molecule has 2 aliphatic rings. The third kappa shape index (κ3) is 2.73. The van der Waals surface area contributed by atoms with Crippen LogP contribution in [0.25, 0.3) is 0 Å². The van der Waals surface area contributed by atoms with Crippen LogP contribution in [0.4, 0.5) is 0 Å². The highest BCUT2D eigenvalue weighted by Crippen LogP contribution is 2.33. The van der Waals surface area contributed by atoms with E-state index < -0.39 is 0 Å². The number of carbonyl (C=O) groups is 2. The van der Waals surface area contributed by atoms with Gasteiger partial charge in [0.25, 0.3) is 0 Å². The number of nitrogens with one attached hydrogen (secondary N) is 1. The molecule has 0 radical (unpaired) electrons. The van der Waals surface area contributed by atoms with Gasteiger partial charge in [0, 0.05) is 42.9 Å². The van der Waals surface area contributed by atoms with Crippen LogP contribution in [0, 0.1) is 5.92 Å². The Hall–Kier alpha value is -2.02. The molecule has 1 saturated heterocycles. The van der Waals surface area contributed by atoms with Crippen LogP contribution in [-0.2, 0) is 9.59 Å². The molecule has 1 N–H and O–H groups in total. The van der Waals surface area contributed by atoms with E-state index in [1.54, 1.807) is 17.5 Å². The van der Waals surface area contributed by atoms with Gasteiger partial charge >= 0.3 is 0 Å². The monoisotopic (exact) mass is 304 g/mol. The van der Waals surface area contributed by atoms with Crippen molar-refractivity contribution in [3.8, 4) is 0 Å². The Morgan fingerprint density at radius 3 is 3.14 bits per heavy atom. The maximum absolute atomic E-state index is 11.2. The van der Waals surface area contributed by atoms with E-state index in [4.69, 9.17) is 0 Å². The predicted octanol–water partition coefficient (Wildman–Crippen LogP) is 0.814. The van der Waals surface area contributed by atoms with Crippen LogP contribution in [-0.4, -0.2) is 47.5 Å². The molecule has 1 amide bonds. The van der Waals surface area contributed by atoms with Crippen LogP contribution in [0.1, 0.15) is 18.4 Å². The molecule has 0 aromatic carbocycles. The highest BCUT2D eigenvalue weighted by atomic mass is 32.1. The minimum absolute atomic E-state index is 0.0294. The van der Waals surface area contributed by atoms with Crippen molar-refractivity contribution in [1.82, 2.24) is 15.2 Å². The van der Waals surface area contributed by atoms with E-state index in [0.717, 1.165) is 41.4 Å². The van der Waals surface area contributed by atoms with Crippen molar-refractivity contribution < 1.29 is 9.59 Å². The van der Waals surface area contributed by atoms with Crippen LogP contribution in [0.15, 0.2) is 27.8 Å². The van der Waals surface area contributed by atoms with E-state index in [-0.39, 0.29) is 5.91 Å². The summed E-state index contributed by atoms with van der Waals surface area (Å²) in [6.07, 6.45) is 3.44. The Morgan fingerprint density at radius 2 is 2.48 bits per heavy atom. The lowest BCUT2D eigenvalue weighted by molar-refractivity contribution is -0.119. The van der Waals surface area contributed by atoms with Gasteiger partial charge in [-0.1, -0.05) is 0 Å². The molecule has 1 unspecified atom stereocenters. The number of rotatable bonds is 4. The van der Waals surface area contributed by atoms with E-state index in [2.05, 4.69) is 20.2 Å². The van der Waals surface area contributed by atoms with Gasteiger partial charge in [-0.25, -0.2) is 4.98 Å². The van der Waals surface area contributed by atoms with E-state index >= 15 is 0 Å². The first-order valence-corrected chi connectivity index (χ1v) is 7.70. The summed E-state index contributed by atoms with van der Waals surface area (Å²) in [5.41, 5.74) is 1.76. The largest absolute Gasteiger partial charge is 0.356 e. The fraction of sp³-hybridized carbons (Fsp3) is 0.429. The normalized spacial score (nSPS) is 21.1. The Balaban J connectivity index is 1.83. The Kier molecular flexibility index (Phi) is 3.83. The summed E-state index contributed by atoms with van der Waals surface area (Å²) in [4.78, 5) is 33.2.